The van der Waals surface area contributed by atoms with Crippen LogP contribution in [0.4, 0.5) is 10.5 Å². The molecule has 0 aliphatic heterocycles. The van der Waals surface area contributed by atoms with E-state index in [0.29, 0.717) is 16.8 Å². The van der Waals surface area contributed by atoms with Gasteiger partial charge < -0.3 is 18.8 Å². The van der Waals surface area contributed by atoms with E-state index in [1.54, 1.807) is 52.9 Å². The average molecular weight is 453 g/mol. The van der Waals surface area contributed by atoms with Crippen LogP contribution in [0, 0.1) is 0 Å². The first-order valence-corrected chi connectivity index (χ1v) is 10.6. The Morgan fingerprint density at radius 1 is 1.03 bits per heavy atom. The summed E-state index contributed by atoms with van der Waals surface area (Å²) in [6.45, 7) is 6.88. The van der Waals surface area contributed by atoms with Crippen molar-refractivity contribution in [3.8, 4) is 22.6 Å². The molecule has 0 spiro atoms. The fourth-order valence-corrected chi connectivity index (χ4v) is 3.46. The predicted molar refractivity (Wildman–Crippen MR) is 127 cm³/mol. The van der Waals surface area contributed by atoms with Crippen LogP contribution in [0.3, 0.4) is 0 Å². The number of nitrogens with one attached hydrogen (secondary N) is 1. The molecule has 0 aliphatic rings. The van der Waals surface area contributed by atoms with Crippen LogP contribution in [-0.2, 0) is 16.6 Å². The highest BCUT2D eigenvalue weighted by molar-refractivity contribution is 5.97. The number of amides is 1. The highest BCUT2D eigenvalue weighted by atomic mass is 16.6. The minimum absolute atomic E-state index is 0.0425. The number of methoxy groups -OCH3 is 1. The molecule has 174 valence electrons. The number of anilines is 1. The summed E-state index contributed by atoms with van der Waals surface area (Å²) in [7, 11) is 3.14. The number of pyridine rings is 1. The molecule has 1 N–H and O–H groups in total. The van der Waals surface area contributed by atoms with Gasteiger partial charge in [-0.15, -0.1) is 0 Å². The molecular formula is C25H28N2O6. The summed E-state index contributed by atoms with van der Waals surface area (Å²) in [5.41, 5.74) is 0.353. The van der Waals surface area contributed by atoms with Crippen LogP contribution in [0.1, 0.15) is 34.1 Å². The van der Waals surface area contributed by atoms with E-state index in [1.807, 2.05) is 24.3 Å². The van der Waals surface area contributed by atoms with Gasteiger partial charge in [0, 0.05) is 24.4 Å². The number of aromatic nitrogens is 1. The van der Waals surface area contributed by atoms with Crippen LogP contribution in [0.5, 0.6) is 11.5 Å². The van der Waals surface area contributed by atoms with Gasteiger partial charge in [0.15, 0.2) is 5.75 Å². The normalized spacial score (nSPS) is 11.2. The highest BCUT2D eigenvalue weighted by Gasteiger charge is 2.25. The number of aryl methyl sites for hydroxylation is 1. The molecule has 0 unspecified atom stereocenters. The highest BCUT2D eigenvalue weighted by Crippen LogP contribution is 2.42. The standard InChI is InChI=1S/C25H28N2O6/c1-7-19(28)32-21-16(12-10-13-17(21)26-24(30)33-25(2,3)4)20-22(31-6)15-11-8-9-14-18(15)27(5)23(20)29/h8-14H,7H2,1-6H3,(H,26,30). The Balaban J connectivity index is 2.28. The van der Waals surface area contributed by atoms with Crippen LogP contribution >= 0.6 is 0 Å². The third kappa shape index (κ3) is 5.00. The number of carbonyl (C=O) groups excluding carboxylic acids is 2. The third-order valence-electron chi connectivity index (χ3n) is 4.88. The van der Waals surface area contributed by atoms with Crippen molar-refractivity contribution < 1.29 is 23.8 Å². The smallest absolute Gasteiger partial charge is 0.412 e. The second kappa shape index (κ2) is 9.36. The van der Waals surface area contributed by atoms with E-state index in [-0.39, 0.29) is 29.0 Å². The molecule has 1 amide bonds. The zero-order chi connectivity index (χ0) is 24.3. The van der Waals surface area contributed by atoms with Crippen molar-refractivity contribution in [2.24, 2.45) is 7.05 Å². The van der Waals surface area contributed by atoms with E-state index in [0.717, 1.165) is 5.39 Å². The van der Waals surface area contributed by atoms with Crippen molar-refractivity contribution in [1.29, 1.82) is 0 Å². The Bertz CT molecular complexity index is 1270. The van der Waals surface area contributed by atoms with Gasteiger partial charge >= 0.3 is 12.1 Å². The topological polar surface area (TPSA) is 95.9 Å². The fraction of sp³-hybridized carbons (Fsp3) is 0.320. The van der Waals surface area contributed by atoms with E-state index < -0.39 is 17.7 Å². The number of hydrogen-bond donors (Lipinski definition) is 1. The SMILES string of the molecule is CCC(=O)Oc1c(NC(=O)OC(C)(C)C)cccc1-c1c(OC)c2ccccc2n(C)c1=O. The van der Waals surface area contributed by atoms with E-state index in [9.17, 15) is 14.4 Å². The first-order valence-electron chi connectivity index (χ1n) is 10.6. The number of fused-ring (bicyclic) bond motifs is 1. The lowest BCUT2D eigenvalue weighted by Crippen LogP contribution is -2.27. The molecule has 0 radical (unpaired) electrons. The van der Waals surface area contributed by atoms with Crippen molar-refractivity contribution in [2.45, 2.75) is 39.7 Å². The Hall–Kier alpha value is -3.81. The Kier molecular flexibility index (Phi) is 6.76. The largest absolute Gasteiger partial charge is 0.495 e. The summed E-state index contributed by atoms with van der Waals surface area (Å²) in [5, 5.41) is 3.35. The summed E-state index contributed by atoms with van der Waals surface area (Å²) in [4.78, 5) is 38.1. The van der Waals surface area contributed by atoms with E-state index in [4.69, 9.17) is 14.2 Å². The molecule has 0 saturated heterocycles. The molecule has 3 rings (SSSR count). The van der Waals surface area contributed by atoms with Crippen molar-refractivity contribution in [2.75, 3.05) is 12.4 Å². The Labute approximate surface area is 192 Å². The maximum atomic E-state index is 13.4. The van der Waals surface area contributed by atoms with E-state index >= 15 is 0 Å². The number of benzene rings is 2. The maximum absolute atomic E-state index is 13.4. The summed E-state index contributed by atoms with van der Waals surface area (Å²) in [5.74, 6) is -0.135. The quantitative estimate of drug-likeness (QED) is 0.438. The van der Waals surface area contributed by atoms with Gasteiger partial charge in [0.05, 0.1) is 23.9 Å². The lowest BCUT2D eigenvalue weighted by Gasteiger charge is -2.21. The van der Waals surface area contributed by atoms with Gasteiger partial charge in [-0.2, -0.15) is 0 Å². The molecule has 1 heterocycles. The number of para-hydroxylation sites is 2. The van der Waals surface area contributed by atoms with Crippen molar-refractivity contribution in [3.05, 3.63) is 52.8 Å². The van der Waals surface area contributed by atoms with Gasteiger partial charge in [0.2, 0.25) is 0 Å². The molecule has 0 saturated carbocycles. The number of esters is 1. The van der Waals surface area contributed by atoms with E-state index in [1.165, 1.54) is 11.7 Å². The molecule has 0 bridgehead atoms. The minimum Gasteiger partial charge on any atom is -0.495 e. The lowest BCUT2D eigenvalue weighted by molar-refractivity contribution is -0.133. The first-order chi connectivity index (χ1) is 15.6. The number of rotatable bonds is 5. The number of ether oxygens (including phenoxy) is 3. The van der Waals surface area contributed by atoms with Gasteiger partial charge in [-0.05, 0) is 39.0 Å². The van der Waals surface area contributed by atoms with Gasteiger partial charge in [-0.25, -0.2) is 4.79 Å². The molecule has 2 aromatic carbocycles. The second-order valence-corrected chi connectivity index (χ2v) is 8.43. The zero-order valence-electron chi connectivity index (χ0n) is 19.6. The van der Waals surface area contributed by atoms with Crippen LogP contribution < -0.4 is 20.3 Å². The monoisotopic (exact) mass is 452 g/mol. The summed E-state index contributed by atoms with van der Waals surface area (Å²) in [6.07, 6.45) is -0.612. The van der Waals surface area contributed by atoms with Gasteiger partial charge in [-0.3, -0.25) is 14.9 Å². The minimum atomic E-state index is -0.723. The molecule has 33 heavy (non-hydrogen) atoms. The molecular weight excluding hydrogens is 424 g/mol. The second-order valence-electron chi connectivity index (χ2n) is 8.43. The third-order valence-corrected chi connectivity index (χ3v) is 4.88. The van der Waals surface area contributed by atoms with Gasteiger partial charge in [-0.1, -0.05) is 31.2 Å². The number of nitrogens with zero attached hydrogens (tertiary/aromatic N) is 1. The van der Waals surface area contributed by atoms with E-state index in [2.05, 4.69) is 5.32 Å². The Morgan fingerprint density at radius 3 is 2.36 bits per heavy atom. The summed E-state index contributed by atoms with van der Waals surface area (Å²) >= 11 is 0. The summed E-state index contributed by atoms with van der Waals surface area (Å²) in [6, 6.07) is 12.2. The van der Waals surface area contributed by atoms with Crippen molar-refractivity contribution >= 4 is 28.7 Å². The van der Waals surface area contributed by atoms with Crippen LogP contribution in [-0.4, -0.2) is 29.3 Å². The molecule has 8 heteroatoms. The lowest BCUT2D eigenvalue weighted by atomic mass is 10.0. The van der Waals surface area contributed by atoms with Crippen molar-refractivity contribution in [1.82, 2.24) is 4.57 Å². The Morgan fingerprint density at radius 2 is 1.73 bits per heavy atom. The number of carbonyl (C=O) groups is 2. The van der Waals surface area contributed by atoms with Crippen LogP contribution in [0.2, 0.25) is 0 Å². The molecule has 0 atom stereocenters. The molecule has 8 nitrogen and oxygen atoms in total. The average Bonchev–Trinajstić information content (AvgIpc) is 2.76. The maximum Gasteiger partial charge on any atom is 0.412 e. The summed E-state index contributed by atoms with van der Waals surface area (Å²) < 4.78 is 18.1. The van der Waals surface area contributed by atoms with Gasteiger partial charge in [0.1, 0.15) is 11.4 Å². The fourth-order valence-electron chi connectivity index (χ4n) is 3.46. The first kappa shape index (κ1) is 23.8. The van der Waals surface area contributed by atoms with Crippen LogP contribution in [0.15, 0.2) is 47.3 Å². The molecule has 1 aromatic heterocycles. The molecule has 0 aliphatic carbocycles. The predicted octanol–water partition coefficient (Wildman–Crippen LogP) is 4.88. The number of hydrogen-bond acceptors (Lipinski definition) is 6. The van der Waals surface area contributed by atoms with Crippen LogP contribution in [0.25, 0.3) is 22.0 Å². The molecule has 0 fully saturated rings. The molecule has 3 aromatic rings. The van der Waals surface area contributed by atoms with Crippen molar-refractivity contribution in [3.63, 3.8) is 0 Å². The zero-order valence-corrected chi connectivity index (χ0v) is 19.6. The van der Waals surface area contributed by atoms with Gasteiger partial charge in [0.25, 0.3) is 5.56 Å².